The van der Waals surface area contributed by atoms with Gasteiger partial charge in [-0.2, -0.15) is 13.2 Å². The van der Waals surface area contributed by atoms with Crippen LogP contribution in [0.25, 0.3) is 0 Å². The minimum atomic E-state index is -4.48. The monoisotopic (exact) mass is 492 g/mol. The predicted molar refractivity (Wildman–Crippen MR) is 120 cm³/mol. The third kappa shape index (κ3) is 23.0. The summed E-state index contributed by atoms with van der Waals surface area (Å²) in [5, 5.41) is 0. The quantitative estimate of drug-likeness (QED) is 0.120. The van der Waals surface area contributed by atoms with Crippen molar-refractivity contribution in [3.8, 4) is 0 Å². The van der Waals surface area contributed by atoms with E-state index >= 15 is 0 Å². The minimum Gasteiger partial charge on any atom is -0.379 e. The molecule has 2 atom stereocenters. The van der Waals surface area contributed by atoms with Crippen molar-refractivity contribution in [2.24, 2.45) is 0 Å². The normalized spacial score (nSPS) is 15.1. The Morgan fingerprint density at radius 3 is 1.66 bits per heavy atom. The van der Waals surface area contributed by atoms with Crippen molar-refractivity contribution < 1.29 is 41.2 Å². The van der Waals surface area contributed by atoms with Crippen LogP contribution in [0.3, 0.4) is 0 Å². The number of unbranched alkanes of at least 4 members (excludes halogenated alkanes) is 13. The lowest BCUT2D eigenvalue weighted by atomic mass is 10.0. The molecule has 0 spiro atoms. The molecule has 0 aromatic heterocycles. The van der Waals surface area contributed by atoms with Crippen LogP contribution < -0.4 is 0 Å². The van der Waals surface area contributed by atoms with Crippen LogP contribution in [-0.2, 0) is 23.1 Å². The lowest BCUT2D eigenvalue weighted by molar-refractivity contribution is -0.180. The van der Waals surface area contributed by atoms with E-state index in [1.54, 1.807) is 0 Å². The summed E-state index contributed by atoms with van der Waals surface area (Å²) >= 11 is 0. The average molecular weight is 493 g/mol. The zero-order valence-electron chi connectivity index (χ0n) is 19.9. The maximum atomic E-state index is 12.2. The molecule has 0 aliphatic rings. The number of hydrogen-bond donors (Lipinski definition) is 1. The Bertz CT molecular complexity index is 465. The Morgan fingerprint density at radius 2 is 1.22 bits per heavy atom. The molecular weight excluding hydrogens is 448 g/mol. The Labute approximate surface area is 192 Å². The molecule has 0 saturated heterocycles. The fourth-order valence-electron chi connectivity index (χ4n) is 3.26. The molecule has 0 aliphatic heterocycles. The van der Waals surface area contributed by atoms with Gasteiger partial charge in [0.25, 0.3) is 0 Å². The fourth-order valence-corrected chi connectivity index (χ4v) is 3.84. The van der Waals surface area contributed by atoms with E-state index in [1.165, 1.54) is 70.6 Å². The van der Waals surface area contributed by atoms with E-state index in [9.17, 15) is 22.6 Å². The molecule has 0 heterocycles. The van der Waals surface area contributed by atoms with E-state index in [2.05, 4.69) is 16.2 Å². The largest absolute Gasteiger partial charge is 0.472 e. The molecule has 1 N–H and O–H groups in total. The second kappa shape index (κ2) is 20.2. The van der Waals surface area contributed by atoms with Gasteiger partial charge in [-0.1, -0.05) is 90.4 Å². The van der Waals surface area contributed by atoms with Crippen molar-refractivity contribution in [2.45, 2.75) is 109 Å². The van der Waals surface area contributed by atoms with Crippen molar-refractivity contribution >= 4 is 7.82 Å². The van der Waals surface area contributed by atoms with Crippen LogP contribution in [-0.4, -0.2) is 50.7 Å². The van der Waals surface area contributed by atoms with E-state index in [1.807, 2.05) is 0 Å². The van der Waals surface area contributed by atoms with Gasteiger partial charge in [0.2, 0.25) is 0 Å². The SMILES string of the molecule is CCCCCCCCCCCCCCCCOC[C@@H](COCC(F)(F)F)OP(=O)(O)OC. The molecule has 0 saturated carbocycles. The van der Waals surface area contributed by atoms with Gasteiger partial charge in [-0.05, 0) is 6.42 Å². The molecule has 1 unspecified atom stereocenters. The lowest BCUT2D eigenvalue weighted by Gasteiger charge is -2.20. The van der Waals surface area contributed by atoms with Crippen LogP contribution in [0.5, 0.6) is 0 Å². The number of alkyl halides is 3. The standard InChI is InChI=1S/C22H44F3O6P/c1-3-4-5-6-7-8-9-10-11-12-13-14-15-16-17-29-18-21(31-32(26,27)28-2)19-30-20-22(23,24)25/h21H,3-20H2,1-2H3,(H,26,27)/t21-/m0/s1. The summed E-state index contributed by atoms with van der Waals surface area (Å²) in [5.74, 6) is 0. The zero-order chi connectivity index (χ0) is 24.1. The summed E-state index contributed by atoms with van der Waals surface area (Å²) in [7, 11) is -3.37. The van der Waals surface area contributed by atoms with Gasteiger partial charge >= 0.3 is 14.0 Å². The molecule has 32 heavy (non-hydrogen) atoms. The highest BCUT2D eigenvalue weighted by molar-refractivity contribution is 7.47. The highest BCUT2D eigenvalue weighted by atomic mass is 31.2. The molecule has 6 nitrogen and oxygen atoms in total. The number of rotatable bonds is 23. The predicted octanol–water partition coefficient (Wildman–Crippen LogP) is 7.20. The van der Waals surface area contributed by atoms with Crippen LogP contribution in [0, 0.1) is 0 Å². The number of halogens is 3. The molecular formula is C22H44F3O6P. The van der Waals surface area contributed by atoms with Gasteiger partial charge < -0.3 is 14.4 Å². The van der Waals surface area contributed by atoms with Crippen molar-refractivity contribution in [1.82, 2.24) is 0 Å². The second-order valence-electron chi connectivity index (χ2n) is 8.18. The molecule has 0 aromatic rings. The van der Waals surface area contributed by atoms with E-state index in [-0.39, 0.29) is 6.61 Å². The first-order chi connectivity index (χ1) is 15.2. The number of hydrogen-bond acceptors (Lipinski definition) is 5. The molecule has 194 valence electrons. The van der Waals surface area contributed by atoms with Gasteiger partial charge in [-0.3, -0.25) is 9.05 Å². The van der Waals surface area contributed by atoms with Gasteiger partial charge in [0.05, 0.1) is 13.2 Å². The third-order valence-electron chi connectivity index (χ3n) is 5.03. The smallest absolute Gasteiger partial charge is 0.379 e. The first-order valence-electron chi connectivity index (χ1n) is 12.0. The van der Waals surface area contributed by atoms with Crippen LogP contribution >= 0.6 is 7.82 Å². The second-order valence-corrected chi connectivity index (χ2v) is 9.69. The van der Waals surface area contributed by atoms with E-state index in [0.29, 0.717) is 6.61 Å². The summed E-state index contributed by atoms with van der Waals surface area (Å²) in [5.41, 5.74) is 0. The van der Waals surface area contributed by atoms with Crippen LogP contribution in [0.2, 0.25) is 0 Å². The molecule has 0 rings (SSSR count). The summed E-state index contributed by atoms with van der Waals surface area (Å²) < 4.78 is 67.1. The van der Waals surface area contributed by atoms with Gasteiger partial charge in [-0.15, -0.1) is 0 Å². The lowest BCUT2D eigenvalue weighted by Crippen LogP contribution is -2.28. The number of phosphoric ester groups is 1. The van der Waals surface area contributed by atoms with Crippen molar-refractivity contribution in [2.75, 3.05) is 33.5 Å². The van der Waals surface area contributed by atoms with E-state index in [4.69, 9.17) is 9.26 Å². The molecule has 0 aromatic carbocycles. The van der Waals surface area contributed by atoms with Crippen molar-refractivity contribution in [3.63, 3.8) is 0 Å². The maximum Gasteiger partial charge on any atom is 0.472 e. The highest BCUT2D eigenvalue weighted by Gasteiger charge is 2.30. The topological polar surface area (TPSA) is 74.2 Å². The first kappa shape index (κ1) is 31.8. The molecule has 0 bridgehead atoms. The summed E-state index contributed by atoms with van der Waals surface area (Å²) in [6, 6.07) is 0. The summed E-state index contributed by atoms with van der Waals surface area (Å²) in [4.78, 5) is 9.37. The maximum absolute atomic E-state index is 12.2. The summed E-state index contributed by atoms with van der Waals surface area (Å²) in [6.07, 6.45) is 11.8. The minimum absolute atomic E-state index is 0.149. The van der Waals surface area contributed by atoms with Gasteiger partial charge in [0.15, 0.2) is 0 Å². The van der Waals surface area contributed by atoms with Gasteiger partial charge in [0, 0.05) is 13.7 Å². The molecule has 0 fully saturated rings. The average Bonchev–Trinajstić information content (AvgIpc) is 2.72. The Kier molecular flexibility index (Phi) is 20.1. The number of phosphoric acid groups is 1. The third-order valence-corrected chi connectivity index (χ3v) is 6.05. The Hall–Kier alpha value is -0.180. The van der Waals surface area contributed by atoms with Gasteiger partial charge in [-0.25, -0.2) is 4.57 Å². The highest BCUT2D eigenvalue weighted by Crippen LogP contribution is 2.43. The molecule has 0 amide bonds. The van der Waals surface area contributed by atoms with E-state index < -0.39 is 33.3 Å². The number of ether oxygens (including phenoxy) is 2. The van der Waals surface area contributed by atoms with Crippen molar-refractivity contribution in [3.05, 3.63) is 0 Å². The van der Waals surface area contributed by atoms with Crippen LogP contribution in [0.4, 0.5) is 13.2 Å². The Morgan fingerprint density at radius 1 is 0.781 bits per heavy atom. The van der Waals surface area contributed by atoms with Crippen LogP contribution in [0.15, 0.2) is 0 Å². The van der Waals surface area contributed by atoms with Crippen LogP contribution in [0.1, 0.15) is 96.8 Å². The Balaban J connectivity index is 3.68. The van der Waals surface area contributed by atoms with E-state index in [0.717, 1.165) is 26.4 Å². The summed E-state index contributed by atoms with van der Waals surface area (Å²) in [6.45, 7) is 0.505. The van der Waals surface area contributed by atoms with Gasteiger partial charge in [0.1, 0.15) is 12.7 Å². The molecule has 0 aliphatic carbocycles. The zero-order valence-corrected chi connectivity index (χ0v) is 20.8. The molecule has 0 radical (unpaired) electrons. The van der Waals surface area contributed by atoms with Crippen molar-refractivity contribution in [1.29, 1.82) is 0 Å². The first-order valence-corrected chi connectivity index (χ1v) is 13.5. The molecule has 10 heteroatoms. The fraction of sp³-hybridized carbons (Fsp3) is 1.00.